The molecule has 8 N–H and O–H groups in total. The Morgan fingerprint density at radius 2 is 1.41 bits per heavy atom. The van der Waals surface area contributed by atoms with Gasteiger partial charge in [-0.05, 0) is 106 Å². The minimum atomic E-state index is -1.72. The monoisotopic (exact) mass is 910 g/mol. The minimum absolute atomic E-state index is 0.0306. The summed E-state index contributed by atoms with van der Waals surface area (Å²) in [5, 5.41) is 78.8. The molecule has 17 nitrogen and oxygen atoms in total. The Morgan fingerprint density at radius 3 is 2.03 bits per heavy atom. The van der Waals surface area contributed by atoms with Crippen LogP contribution in [0.1, 0.15) is 106 Å². The maximum absolute atomic E-state index is 12.2. The topological polar surface area (TPSA) is 245 Å². The van der Waals surface area contributed by atoms with Crippen LogP contribution in [0.25, 0.3) is 0 Å². The van der Waals surface area contributed by atoms with Gasteiger partial charge in [0.05, 0.1) is 31.0 Å². The van der Waals surface area contributed by atoms with E-state index in [0.29, 0.717) is 48.3 Å². The predicted molar refractivity (Wildman–Crippen MR) is 224 cm³/mol. The number of aliphatic hydroxyl groups excluding tert-OH is 7. The molecule has 3 saturated carbocycles. The molecular weight excluding hydrogens is 835 g/mol. The number of ether oxygens (including phenoxy) is 8. The fourth-order valence-corrected chi connectivity index (χ4v) is 14.2. The lowest BCUT2D eigenvalue weighted by atomic mass is 9.47. The van der Waals surface area contributed by atoms with Crippen LogP contribution in [-0.2, 0) is 42.7 Å². The van der Waals surface area contributed by atoms with Gasteiger partial charge >= 0.3 is 0 Å². The van der Waals surface area contributed by atoms with E-state index in [9.17, 15) is 40.5 Å². The maximum Gasteiger partial charge on any atom is 0.216 e. The summed E-state index contributed by atoms with van der Waals surface area (Å²) in [6.45, 7) is 14.6. The SMILES string of the molecule is CC(=O)NC[C@H]1O[C@@H](O[C@H]2CC[C@@]3(C)C(=CC[C@H]4C5C[C@@H]6O[C@]7(CC[C@H](C)CO7)[C@@H](C)[C@@H]6[C@@]5(C)CC[C@@H]43)C2)[C@H](O[C@H]2O[C@H](C)[C@@H](O)[C@H](O)[C@@H]2O)[C@@H](O)[C@@H]1O[C@H]1O[C@H](C)[C@@H](O)[C@H](O)[C@@H]1O. The van der Waals surface area contributed by atoms with Crippen molar-refractivity contribution in [1.82, 2.24) is 5.32 Å². The lowest BCUT2D eigenvalue weighted by Crippen LogP contribution is -2.67. The lowest BCUT2D eigenvalue weighted by molar-refractivity contribution is -0.386. The molecule has 1 unspecified atom stereocenters. The normalized spacial score (nSPS) is 56.1. The van der Waals surface area contributed by atoms with Crippen molar-refractivity contribution in [3.05, 3.63) is 11.6 Å². The van der Waals surface area contributed by atoms with Crippen LogP contribution in [-0.4, -0.2) is 165 Å². The molecular formula is C47H75NO16. The zero-order valence-corrected chi connectivity index (χ0v) is 38.4. The molecule has 4 aliphatic carbocycles. The number of allylic oxidation sites excluding steroid dienone is 1. The second-order valence-corrected chi connectivity index (χ2v) is 21.8. The third kappa shape index (κ3) is 8.05. The van der Waals surface area contributed by atoms with Crippen molar-refractivity contribution in [3.63, 3.8) is 0 Å². The van der Waals surface area contributed by atoms with Crippen molar-refractivity contribution in [2.45, 2.75) is 216 Å². The fourth-order valence-electron chi connectivity index (χ4n) is 14.2. The fraction of sp³-hybridized carbons (Fsp3) is 0.936. The molecule has 9 rings (SSSR count). The first-order valence-electron chi connectivity index (χ1n) is 24.2. The Kier molecular flexibility index (Phi) is 13.3. The van der Waals surface area contributed by atoms with E-state index in [1.54, 1.807) is 0 Å². The van der Waals surface area contributed by atoms with Crippen LogP contribution >= 0.6 is 0 Å². The Morgan fingerprint density at radius 1 is 0.750 bits per heavy atom. The molecule has 8 fully saturated rings. The highest BCUT2D eigenvalue weighted by molar-refractivity contribution is 5.72. The highest BCUT2D eigenvalue weighted by Crippen LogP contribution is 2.70. The predicted octanol–water partition coefficient (Wildman–Crippen LogP) is 1.39. The number of nitrogens with one attached hydrogen (secondary N) is 1. The Balaban J connectivity index is 0.938. The standard InChI is InChI=1S/C47H75NO16/c1-20-10-15-47(57-19-20)21(2)32-30(64-47)17-29-27-9-8-25-16-26(11-13-45(25,6)28(27)12-14-46(29,32)7)60-44-41(63-43-38(55)36(53)34(51)23(4)59-43)39(56)40(31(61-44)18-48-24(5)49)62-42-37(54)35(52)33(50)22(3)58-42/h8,20-23,26-44,50-56H,9-19H2,1-7H3,(H,48,49)/t20-,21-,22+,23+,26-,27+,28-,29?,30-,31+,32-,33+,34+,35-,36-,37-,38-,39-,40+,41+,42+,43+,44+,45-,46-,47+/m0/s1. The summed E-state index contributed by atoms with van der Waals surface area (Å²) < 4.78 is 50.9. The van der Waals surface area contributed by atoms with Gasteiger partial charge in [0.25, 0.3) is 0 Å². The number of aliphatic hydroxyl groups is 7. The molecule has 17 heteroatoms. The van der Waals surface area contributed by atoms with Crippen LogP contribution in [0.4, 0.5) is 0 Å². The molecule has 5 aliphatic heterocycles. The van der Waals surface area contributed by atoms with E-state index < -0.39 is 97.9 Å². The van der Waals surface area contributed by atoms with E-state index in [1.807, 2.05) is 0 Å². The maximum atomic E-state index is 12.2. The summed E-state index contributed by atoms with van der Waals surface area (Å²) in [7, 11) is 0. The lowest BCUT2D eigenvalue weighted by Gasteiger charge is -2.59. The molecule has 0 aromatic carbocycles. The smallest absolute Gasteiger partial charge is 0.216 e. The Labute approximate surface area is 376 Å². The van der Waals surface area contributed by atoms with Gasteiger partial charge in [0.15, 0.2) is 24.7 Å². The van der Waals surface area contributed by atoms with Gasteiger partial charge in [-0.1, -0.05) is 39.3 Å². The Hall–Kier alpha value is -1.39. The molecule has 26 atom stereocenters. The van der Waals surface area contributed by atoms with Crippen molar-refractivity contribution in [2.24, 2.45) is 46.3 Å². The summed E-state index contributed by atoms with van der Waals surface area (Å²) in [5.74, 6) is 2.20. The number of hydrogen-bond donors (Lipinski definition) is 8. The first-order valence-corrected chi connectivity index (χ1v) is 24.2. The first kappa shape index (κ1) is 47.7. The van der Waals surface area contributed by atoms with E-state index in [-0.39, 0.29) is 35.5 Å². The first-order chi connectivity index (χ1) is 30.3. The molecule has 364 valence electrons. The van der Waals surface area contributed by atoms with Gasteiger partial charge in [0.2, 0.25) is 5.91 Å². The minimum Gasteiger partial charge on any atom is -0.388 e. The van der Waals surface area contributed by atoms with Gasteiger partial charge in [0.1, 0.15) is 61.0 Å². The van der Waals surface area contributed by atoms with Crippen LogP contribution in [0.2, 0.25) is 0 Å². The van der Waals surface area contributed by atoms with Crippen molar-refractivity contribution >= 4 is 5.91 Å². The largest absolute Gasteiger partial charge is 0.388 e. The highest BCUT2D eigenvalue weighted by Gasteiger charge is 2.69. The van der Waals surface area contributed by atoms with Gasteiger partial charge in [-0.2, -0.15) is 0 Å². The third-order valence-corrected chi connectivity index (χ3v) is 18.0. The van der Waals surface area contributed by atoms with Crippen molar-refractivity contribution in [1.29, 1.82) is 0 Å². The zero-order chi connectivity index (χ0) is 45.8. The number of fused-ring (bicyclic) bond motifs is 7. The van der Waals surface area contributed by atoms with Crippen LogP contribution in [0.5, 0.6) is 0 Å². The molecule has 5 saturated heterocycles. The number of carbonyl (C=O) groups excluding carboxylic acids is 1. The number of amides is 1. The van der Waals surface area contributed by atoms with Gasteiger partial charge in [-0.3, -0.25) is 4.79 Å². The summed E-state index contributed by atoms with van der Waals surface area (Å²) in [5.41, 5.74) is 1.51. The molecule has 64 heavy (non-hydrogen) atoms. The van der Waals surface area contributed by atoms with E-state index >= 15 is 0 Å². The van der Waals surface area contributed by atoms with Gasteiger partial charge in [-0.15, -0.1) is 0 Å². The van der Waals surface area contributed by atoms with E-state index in [2.05, 4.69) is 39.1 Å². The van der Waals surface area contributed by atoms with Crippen LogP contribution < -0.4 is 5.32 Å². The van der Waals surface area contributed by atoms with E-state index in [4.69, 9.17) is 37.9 Å². The molecule has 9 aliphatic rings. The van der Waals surface area contributed by atoms with Crippen molar-refractivity contribution in [3.8, 4) is 0 Å². The van der Waals surface area contributed by atoms with Gasteiger partial charge in [-0.25, -0.2) is 0 Å². The van der Waals surface area contributed by atoms with Gasteiger partial charge < -0.3 is 79.0 Å². The Bertz CT molecular complexity index is 1710. The summed E-state index contributed by atoms with van der Waals surface area (Å²) in [6.07, 6.45) is -10.4. The van der Waals surface area contributed by atoms with Gasteiger partial charge in [0, 0.05) is 25.8 Å². The van der Waals surface area contributed by atoms with Crippen LogP contribution in [0, 0.1) is 46.3 Å². The molecule has 5 heterocycles. The number of carbonyl (C=O) groups is 1. The summed E-state index contributed by atoms with van der Waals surface area (Å²) >= 11 is 0. The zero-order valence-electron chi connectivity index (χ0n) is 38.4. The third-order valence-electron chi connectivity index (χ3n) is 18.0. The average Bonchev–Trinajstić information content (AvgIpc) is 3.71. The molecule has 0 bridgehead atoms. The number of rotatable bonds is 8. The highest BCUT2D eigenvalue weighted by atomic mass is 16.8. The molecule has 1 amide bonds. The van der Waals surface area contributed by atoms with E-state index in [1.165, 1.54) is 26.3 Å². The van der Waals surface area contributed by atoms with Crippen LogP contribution in [0.15, 0.2) is 11.6 Å². The molecule has 0 aromatic heterocycles. The molecule has 1 spiro atoms. The number of hydrogen-bond acceptors (Lipinski definition) is 16. The summed E-state index contributed by atoms with van der Waals surface area (Å²) in [4.78, 5) is 12.2. The molecule has 0 radical (unpaired) electrons. The van der Waals surface area contributed by atoms with E-state index in [0.717, 1.165) is 51.6 Å². The average molecular weight is 910 g/mol. The molecule has 0 aromatic rings. The van der Waals surface area contributed by atoms with Crippen molar-refractivity contribution < 1.29 is 78.4 Å². The second-order valence-electron chi connectivity index (χ2n) is 21.8. The summed E-state index contributed by atoms with van der Waals surface area (Å²) in [6, 6.07) is 0. The van der Waals surface area contributed by atoms with Crippen LogP contribution in [0.3, 0.4) is 0 Å². The van der Waals surface area contributed by atoms with Crippen molar-refractivity contribution in [2.75, 3.05) is 13.2 Å². The quantitative estimate of drug-likeness (QED) is 0.161. The second kappa shape index (κ2) is 17.8.